The largest absolute Gasteiger partial charge is 0.317 e. The average molecular weight is 196 g/mol. The molecule has 2 unspecified atom stereocenters. The van der Waals surface area contributed by atoms with Gasteiger partial charge in [0.15, 0.2) is 0 Å². The van der Waals surface area contributed by atoms with E-state index in [1.165, 1.54) is 45.3 Å². The number of nitrogens with one attached hydrogen (secondary N) is 1. The fourth-order valence-corrected chi connectivity index (χ4v) is 2.97. The lowest BCUT2D eigenvalue weighted by molar-refractivity contribution is 0.0613. The highest BCUT2D eigenvalue weighted by Crippen LogP contribution is 2.26. The summed E-state index contributed by atoms with van der Waals surface area (Å²) in [5.74, 6) is 0.918. The molecule has 0 aromatic rings. The van der Waals surface area contributed by atoms with Crippen molar-refractivity contribution in [1.29, 1.82) is 0 Å². The average Bonchev–Trinajstić information content (AvgIpc) is 2.23. The minimum Gasteiger partial charge on any atom is -0.317 e. The van der Waals surface area contributed by atoms with Crippen molar-refractivity contribution in [3.8, 4) is 0 Å². The van der Waals surface area contributed by atoms with E-state index < -0.39 is 0 Å². The summed E-state index contributed by atoms with van der Waals surface area (Å²) < 4.78 is 0. The molecule has 0 radical (unpaired) electrons. The lowest BCUT2D eigenvalue weighted by Gasteiger charge is -2.43. The molecule has 2 rings (SSSR count). The molecule has 0 aromatic heterocycles. The molecule has 0 amide bonds. The molecule has 0 saturated carbocycles. The molecule has 14 heavy (non-hydrogen) atoms. The van der Waals surface area contributed by atoms with Crippen LogP contribution in [-0.4, -0.2) is 36.6 Å². The maximum absolute atomic E-state index is 3.45. The molecule has 2 fully saturated rings. The molecule has 2 heteroatoms. The van der Waals surface area contributed by atoms with E-state index >= 15 is 0 Å². The third-order valence-electron chi connectivity index (χ3n) is 3.94. The van der Waals surface area contributed by atoms with Crippen molar-refractivity contribution < 1.29 is 0 Å². The Balaban J connectivity index is 1.92. The van der Waals surface area contributed by atoms with Crippen LogP contribution in [-0.2, 0) is 0 Å². The van der Waals surface area contributed by atoms with Gasteiger partial charge >= 0.3 is 0 Å². The first-order chi connectivity index (χ1) is 6.77. The number of hydrogen-bond acceptors (Lipinski definition) is 2. The topological polar surface area (TPSA) is 15.3 Å². The van der Waals surface area contributed by atoms with Crippen LogP contribution in [0.2, 0.25) is 0 Å². The predicted octanol–water partition coefficient (Wildman–Crippen LogP) is 1.86. The highest BCUT2D eigenvalue weighted by molar-refractivity contribution is 4.85. The van der Waals surface area contributed by atoms with Gasteiger partial charge in [0.25, 0.3) is 0 Å². The van der Waals surface area contributed by atoms with E-state index in [0.29, 0.717) is 0 Å². The Hall–Kier alpha value is -0.0800. The van der Waals surface area contributed by atoms with Crippen LogP contribution in [0.15, 0.2) is 0 Å². The summed E-state index contributed by atoms with van der Waals surface area (Å²) in [5, 5.41) is 3.45. The van der Waals surface area contributed by atoms with Crippen molar-refractivity contribution in [2.45, 2.75) is 51.6 Å². The molecule has 2 aliphatic rings. The standard InChI is InChI=1S/C12H24N2/c1-10-3-4-11(2)14(9-10)12-5-7-13-8-6-12/h10-13H,3-9H2,1-2H3. The van der Waals surface area contributed by atoms with Crippen molar-refractivity contribution in [2.24, 2.45) is 5.92 Å². The molecule has 2 heterocycles. The number of hydrogen-bond donors (Lipinski definition) is 1. The van der Waals surface area contributed by atoms with Crippen LogP contribution in [0.5, 0.6) is 0 Å². The van der Waals surface area contributed by atoms with E-state index in [0.717, 1.165) is 18.0 Å². The third-order valence-corrected chi connectivity index (χ3v) is 3.94. The molecule has 0 spiro atoms. The zero-order valence-electron chi connectivity index (χ0n) is 9.63. The highest BCUT2D eigenvalue weighted by Gasteiger charge is 2.29. The van der Waals surface area contributed by atoms with E-state index in [2.05, 4.69) is 24.1 Å². The Bertz CT molecular complexity index is 175. The van der Waals surface area contributed by atoms with E-state index in [4.69, 9.17) is 0 Å². The molecule has 0 bridgehead atoms. The van der Waals surface area contributed by atoms with Gasteiger partial charge in [-0.3, -0.25) is 4.90 Å². The summed E-state index contributed by atoms with van der Waals surface area (Å²) in [7, 11) is 0. The van der Waals surface area contributed by atoms with Gasteiger partial charge in [-0.25, -0.2) is 0 Å². The molecular weight excluding hydrogens is 172 g/mol. The van der Waals surface area contributed by atoms with E-state index in [-0.39, 0.29) is 0 Å². The summed E-state index contributed by atoms with van der Waals surface area (Å²) in [5.41, 5.74) is 0. The summed E-state index contributed by atoms with van der Waals surface area (Å²) in [6, 6.07) is 1.70. The number of piperidine rings is 2. The van der Waals surface area contributed by atoms with Crippen LogP contribution >= 0.6 is 0 Å². The summed E-state index contributed by atoms with van der Waals surface area (Å²) in [6.45, 7) is 8.60. The van der Waals surface area contributed by atoms with Crippen LogP contribution in [0.25, 0.3) is 0 Å². The van der Waals surface area contributed by atoms with Gasteiger partial charge in [-0.15, -0.1) is 0 Å². The van der Waals surface area contributed by atoms with Gasteiger partial charge < -0.3 is 5.32 Å². The Morgan fingerprint density at radius 1 is 1.00 bits per heavy atom. The molecule has 2 aliphatic heterocycles. The molecule has 2 atom stereocenters. The highest BCUT2D eigenvalue weighted by atomic mass is 15.2. The van der Waals surface area contributed by atoms with Gasteiger partial charge in [0, 0.05) is 18.6 Å². The Kier molecular flexibility index (Phi) is 3.45. The Labute approximate surface area is 88.1 Å². The molecule has 1 N–H and O–H groups in total. The zero-order chi connectivity index (χ0) is 9.97. The molecule has 2 saturated heterocycles. The predicted molar refractivity (Wildman–Crippen MR) is 60.5 cm³/mol. The summed E-state index contributed by atoms with van der Waals surface area (Å²) >= 11 is 0. The van der Waals surface area contributed by atoms with E-state index in [9.17, 15) is 0 Å². The minimum atomic E-state index is 0.828. The van der Waals surface area contributed by atoms with Crippen molar-refractivity contribution in [2.75, 3.05) is 19.6 Å². The molecular formula is C12H24N2. The summed E-state index contributed by atoms with van der Waals surface area (Å²) in [4.78, 5) is 2.77. The Morgan fingerprint density at radius 3 is 2.43 bits per heavy atom. The van der Waals surface area contributed by atoms with Crippen molar-refractivity contribution in [3.05, 3.63) is 0 Å². The lowest BCUT2D eigenvalue weighted by atomic mass is 9.91. The monoisotopic (exact) mass is 196 g/mol. The van der Waals surface area contributed by atoms with E-state index in [1.54, 1.807) is 0 Å². The first-order valence-corrected chi connectivity index (χ1v) is 6.24. The summed E-state index contributed by atoms with van der Waals surface area (Å²) in [6.07, 6.45) is 5.56. The normalized spacial score (nSPS) is 37.3. The van der Waals surface area contributed by atoms with Crippen molar-refractivity contribution in [3.63, 3.8) is 0 Å². The van der Waals surface area contributed by atoms with Crippen LogP contribution in [0.4, 0.5) is 0 Å². The maximum Gasteiger partial charge on any atom is 0.0122 e. The lowest BCUT2D eigenvalue weighted by Crippen LogP contribution is -2.50. The second-order valence-corrected chi connectivity index (χ2v) is 5.21. The van der Waals surface area contributed by atoms with Crippen LogP contribution in [0.1, 0.15) is 39.5 Å². The number of nitrogens with zero attached hydrogens (tertiary/aromatic N) is 1. The van der Waals surface area contributed by atoms with Gasteiger partial charge in [0.1, 0.15) is 0 Å². The first kappa shape index (κ1) is 10.4. The third kappa shape index (κ3) is 2.29. The second kappa shape index (κ2) is 4.63. The maximum atomic E-state index is 3.45. The quantitative estimate of drug-likeness (QED) is 0.688. The van der Waals surface area contributed by atoms with Crippen LogP contribution in [0.3, 0.4) is 0 Å². The molecule has 0 aliphatic carbocycles. The molecule has 2 nitrogen and oxygen atoms in total. The van der Waals surface area contributed by atoms with Gasteiger partial charge in [0.2, 0.25) is 0 Å². The second-order valence-electron chi connectivity index (χ2n) is 5.21. The minimum absolute atomic E-state index is 0.828. The number of rotatable bonds is 1. The van der Waals surface area contributed by atoms with Gasteiger partial charge in [-0.05, 0) is 51.6 Å². The first-order valence-electron chi connectivity index (χ1n) is 6.24. The van der Waals surface area contributed by atoms with E-state index in [1.807, 2.05) is 0 Å². The smallest absolute Gasteiger partial charge is 0.0122 e. The van der Waals surface area contributed by atoms with Gasteiger partial charge in [0.05, 0.1) is 0 Å². The van der Waals surface area contributed by atoms with Crippen LogP contribution in [0, 0.1) is 5.92 Å². The fraction of sp³-hybridized carbons (Fsp3) is 1.00. The fourth-order valence-electron chi connectivity index (χ4n) is 2.97. The SMILES string of the molecule is CC1CCC(C)N(C2CCNCC2)C1. The molecule has 82 valence electrons. The van der Waals surface area contributed by atoms with Crippen molar-refractivity contribution in [1.82, 2.24) is 10.2 Å². The zero-order valence-corrected chi connectivity index (χ0v) is 9.63. The number of likely N-dealkylation sites (tertiary alicyclic amines) is 1. The van der Waals surface area contributed by atoms with Gasteiger partial charge in [-0.2, -0.15) is 0 Å². The van der Waals surface area contributed by atoms with Gasteiger partial charge in [-0.1, -0.05) is 6.92 Å². The Morgan fingerprint density at radius 2 is 1.71 bits per heavy atom. The van der Waals surface area contributed by atoms with Crippen LogP contribution < -0.4 is 5.32 Å². The van der Waals surface area contributed by atoms with Crippen molar-refractivity contribution >= 4 is 0 Å². The molecule has 0 aromatic carbocycles.